The average molecular weight is 209 g/mol. The predicted octanol–water partition coefficient (Wildman–Crippen LogP) is -1.24. The van der Waals surface area contributed by atoms with Crippen LogP contribution in [-0.2, 0) is 10.0 Å². The number of rotatable bonds is 2. The van der Waals surface area contributed by atoms with E-state index < -0.39 is 21.7 Å². The molecule has 6 heteroatoms. The topological polar surface area (TPSA) is 77.8 Å². The molecule has 0 aromatic carbocycles. The average Bonchev–Trinajstić information content (AvgIpc) is 2.26. The molecule has 1 rings (SSSR count). The molecule has 2 atom stereocenters. The number of aliphatic hydroxyl groups excluding tert-OH is 2. The van der Waals surface area contributed by atoms with Crippen LogP contribution in [0.5, 0.6) is 0 Å². The van der Waals surface area contributed by atoms with Gasteiger partial charge in [-0.2, -0.15) is 4.31 Å². The molecule has 0 spiro atoms. The van der Waals surface area contributed by atoms with Crippen molar-refractivity contribution in [3.05, 3.63) is 0 Å². The maximum atomic E-state index is 11.3. The Morgan fingerprint density at radius 3 is 2.46 bits per heavy atom. The second-order valence-corrected chi connectivity index (χ2v) is 5.71. The van der Waals surface area contributed by atoms with Gasteiger partial charge in [0.2, 0.25) is 10.0 Å². The second-order valence-electron chi connectivity index (χ2n) is 3.81. The summed E-state index contributed by atoms with van der Waals surface area (Å²) in [6.07, 6.45) is 0.696. The summed E-state index contributed by atoms with van der Waals surface area (Å²) in [6, 6.07) is 0. The maximum Gasteiger partial charge on any atom is 0.211 e. The molecule has 0 aliphatic carbocycles. The summed E-state index contributed by atoms with van der Waals surface area (Å²) in [7, 11) is -3.34. The Labute approximate surface area is 78.0 Å². The fraction of sp³-hybridized carbons (Fsp3) is 1.00. The summed E-state index contributed by atoms with van der Waals surface area (Å²) in [6.45, 7) is 1.44. The van der Waals surface area contributed by atoms with E-state index >= 15 is 0 Å². The number of hydrogen-bond donors (Lipinski definition) is 2. The molecular weight excluding hydrogens is 194 g/mol. The molecule has 2 N–H and O–H groups in total. The number of sulfonamides is 1. The fourth-order valence-electron chi connectivity index (χ4n) is 1.76. The summed E-state index contributed by atoms with van der Waals surface area (Å²) in [4.78, 5) is 0. The Bertz CT molecular complexity index is 289. The number of hydrogen-bond acceptors (Lipinski definition) is 4. The van der Waals surface area contributed by atoms with Crippen LogP contribution in [0.4, 0.5) is 0 Å². The van der Waals surface area contributed by atoms with Crippen LogP contribution < -0.4 is 0 Å². The van der Waals surface area contributed by atoms with Gasteiger partial charge in [0.05, 0.1) is 24.5 Å². The van der Waals surface area contributed by atoms with Crippen molar-refractivity contribution in [2.24, 2.45) is 0 Å². The highest BCUT2D eigenvalue weighted by molar-refractivity contribution is 7.88. The third-order valence-corrected chi connectivity index (χ3v) is 3.79. The minimum atomic E-state index is -3.34. The summed E-state index contributed by atoms with van der Waals surface area (Å²) in [5, 5.41) is 18.4. The third-order valence-electron chi connectivity index (χ3n) is 2.40. The van der Waals surface area contributed by atoms with Crippen molar-refractivity contribution in [3.8, 4) is 0 Å². The highest BCUT2D eigenvalue weighted by atomic mass is 32.2. The van der Waals surface area contributed by atoms with E-state index in [4.69, 9.17) is 5.11 Å². The van der Waals surface area contributed by atoms with Crippen LogP contribution in [-0.4, -0.2) is 54.0 Å². The molecule has 0 amide bonds. The molecule has 5 nitrogen and oxygen atoms in total. The van der Waals surface area contributed by atoms with Crippen LogP contribution in [0.1, 0.15) is 13.3 Å². The first-order chi connectivity index (χ1) is 5.79. The SMILES string of the molecule is CC1(CO)CC(O)CN1S(C)(=O)=O. The molecule has 1 aliphatic rings. The van der Waals surface area contributed by atoms with Gasteiger partial charge in [-0.1, -0.05) is 0 Å². The molecular formula is C7H15NO4S. The second kappa shape index (κ2) is 3.20. The Morgan fingerprint density at radius 2 is 2.15 bits per heavy atom. The van der Waals surface area contributed by atoms with Crippen molar-refractivity contribution in [2.75, 3.05) is 19.4 Å². The summed E-state index contributed by atoms with van der Waals surface area (Å²) in [5.74, 6) is 0. The van der Waals surface area contributed by atoms with Gasteiger partial charge in [-0.05, 0) is 13.3 Å². The largest absolute Gasteiger partial charge is 0.394 e. The van der Waals surface area contributed by atoms with Gasteiger partial charge in [-0.15, -0.1) is 0 Å². The number of aliphatic hydroxyl groups is 2. The number of nitrogens with zero attached hydrogens (tertiary/aromatic N) is 1. The van der Waals surface area contributed by atoms with Crippen LogP contribution in [0.15, 0.2) is 0 Å². The number of β-amino-alcohol motifs (C(OH)–C–C–N with tert-alkyl or cyclic N) is 1. The molecule has 13 heavy (non-hydrogen) atoms. The van der Waals surface area contributed by atoms with E-state index in [9.17, 15) is 13.5 Å². The lowest BCUT2D eigenvalue weighted by Crippen LogP contribution is -2.47. The van der Waals surface area contributed by atoms with E-state index in [2.05, 4.69) is 0 Å². The van der Waals surface area contributed by atoms with E-state index in [0.29, 0.717) is 0 Å². The van der Waals surface area contributed by atoms with Crippen LogP contribution in [0, 0.1) is 0 Å². The monoisotopic (exact) mass is 209 g/mol. The first kappa shape index (κ1) is 10.9. The predicted molar refractivity (Wildman–Crippen MR) is 47.7 cm³/mol. The molecule has 1 fully saturated rings. The molecule has 1 saturated heterocycles. The smallest absolute Gasteiger partial charge is 0.211 e. The molecule has 0 radical (unpaired) electrons. The van der Waals surface area contributed by atoms with Crippen LogP contribution in [0.3, 0.4) is 0 Å². The van der Waals surface area contributed by atoms with Crippen molar-refractivity contribution in [3.63, 3.8) is 0 Å². The van der Waals surface area contributed by atoms with Gasteiger partial charge in [0.25, 0.3) is 0 Å². The van der Waals surface area contributed by atoms with Gasteiger partial charge in [0, 0.05) is 6.54 Å². The van der Waals surface area contributed by atoms with Crippen LogP contribution in [0.2, 0.25) is 0 Å². The van der Waals surface area contributed by atoms with E-state index in [0.717, 1.165) is 10.6 Å². The molecule has 0 aromatic rings. The quantitative estimate of drug-likeness (QED) is 0.596. The molecule has 1 heterocycles. The van der Waals surface area contributed by atoms with Crippen molar-refractivity contribution < 1.29 is 18.6 Å². The van der Waals surface area contributed by atoms with Crippen molar-refractivity contribution in [1.29, 1.82) is 0 Å². The lowest BCUT2D eigenvalue weighted by Gasteiger charge is -2.30. The summed E-state index contributed by atoms with van der Waals surface area (Å²) in [5.41, 5.74) is -0.840. The van der Waals surface area contributed by atoms with E-state index in [-0.39, 0.29) is 19.6 Å². The minimum Gasteiger partial charge on any atom is -0.394 e. The van der Waals surface area contributed by atoms with E-state index in [1.165, 1.54) is 0 Å². The van der Waals surface area contributed by atoms with Gasteiger partial charge in [0.15, 0.2) is 0 Å². The summed E-state index contributed by atoms with van der Waals surface area (Å²) < 4.78 is 23.7. The lowest BCUT2D eigenvalue weighted by atomic mass is 10.0. The first-order valence-electron chi connectivity index (χ1n) is 4.06. The van der Waals surface area contributed by atoms with Gasteiger partial charge in [0.1, 0.15) is 0 Å². The Hall–Kier alpha value is -0.170. The van der Waals surface area contributed by atoms with E-state index in [1.807, 2.05) is 0 Å². The molecule has 1 aliphatic heterocycles. The van der Waals surface area contributed by atoms with Gasteiger partial charge < -0.3 is 10.2 Å². The zero-order chi connectivity index (χ0) is 10.3. The Balaban J connectivity index is 2.98. The highest BCUT2D eigenvalue weighted by Gasteiger charge is 2.45. The molecule has 0 aromatic heterocycles. The molecule has 2 unspecified atom stereocenters. The Kier molecular flexibility index (Phi) is 2.68. The van der Waals surface area contributed by atoms with Crippen molar-refractivity contribution in [1.82, 2.24) is 4.31 Å². The van der Waals surface area contributed by atoms with Crippen LogP contribution in [0.25, 0.3) is 0 Å². The lowest BCUT2D eigenvalue weighted by molar-refractivity contribution is 0.131. The van der Waals surface area contributed by atoms with Gasteiger partial charge in [-0.3, -0.25) is 0 Å². The van der Waals surface area contributed by atoms with Crippen molar-refractivity contribution >= 4 is 10.0 Å². The minimum absolute atomic E-state index is 0.0793. The zero-order valence-electron chi connectivity index (χ0n) is 7.77. The first-order valence-corrected chi connectivity index (χ1v) is 5.91. The van der Waals surface area contributed by atoms with Crippen molar-refractivity contribution in [2.45, 2.75) is 25.0 Å². The molecule has 0 saturated carbocycles. The highest BCUT2D eigenvalue weighted by Crippen LogP contribution is 2.30. The molecule has 0 bridgehead atoms. The third kappa shape index (κ3) is 2.01. The molecule has 78 valence electrons. The standard InChI is InChI=1S/C7H15NO4S/c1-7(5-9)3-6(10)4-8(7)13(2,11)12/h6,9-10H,3-5H2,1-2H3. The zero-order valence-corrected chi connectivity index (χ0v) is 8.58. The Morgan fingerprint density at radius 1 is 1.62 bits per heavy atom. The van der Waals surface area contributed by atoms with Gasteiger partial charge in [-0.25, -0.2) is 8.42 Å². The summed E-state index contributed by atoms with van der Waals surface area (Å²) >= 11 is 0. The van der Waals surface area contributed by atoms with E-state index in [1.54, 1.807) is 6.92 Å². The van der Waals surface area contributed by atoms with Crippen LogP contribution >= 0.6 is 0 Å². The van der Waals surface area contributed by atoms with Gasteiger partial charge >= 0.3 is 0 Å². The normalized spacial score (nSPS) is 36.8. The maximum absolute atomic E-state index is 11.3. The fourth-order valence-corrected chi connectivity index (χ4v) is 3.14.